The maximum absolute atomic E-state index is 3.47. The minimum atomic E-state index is 0.770. The lowest BCUT2D eigenvalue weighted by atomic mass is 10.1. The first kappa shape index (κ1) is 7.77. The third-order valence-corrected chi connectivity index (χ3v) is 3.91. The molecule has 1 fully saturated rings. The summed E-state index contributed by atoms with van der Waals surface area (Å²) >= 11 is 5.33. The van der Waals surface area contributed by atoms with Crippen molar-refractivity contribution < 1.29 is 0 Å². The SMILES string of the molecule is Brc1csc(C2CCNC2)c1. The molecule has 0 amide bonds. The summed E-state index contributed by atoms with van der Waals surface area (Å²) in [4.78, 5) is 1.52. The Bertz CT molecular complexity index is 240. The van der Waals surface area contributed by atoms with E-state index in [1.54, 1.807) is 0 Å². The first-order valence-electron chi connectivity index (χ1n) is 3.81. The van der Waals surface area contributed by atoms with Gasteiger partial charge in [-0.15, -0.1) is 11.3 Å². The average molecular weight is 232 g/mol. The zero-order valence-electron chi connectivity index (χ0n) is 6.14. The molecule has 0 spiro atoms. The van der Waals surface area contributed by atoms with Crippen LogP contribution in [0.3, 0.4) is 0 Å². The Labute approximate surface area is 78.9 Å². The molecule has 1 unspecified atom stereocenters. The zero-order valence-corrected chi connectivity index (χ0v) is 8.54. The topological polar surface area (TPSA) is 12.0 Å². The molecule has 1 atom stereocenters. The predicted molar refractivity (Wildman–Crippen MR) is 52.2 cm³/mol. The monoisotopic (exact) mass is 231 g/mol. The molecule has 60 valence electrons. The average Bonchev–Trinajstić information content (AvgIpc) is 2.55. The van der Waals surface area contributed by atoms with Crippen molar-refractivity contribution in [2.75, 3.05) is 13.1 Å². The molecule has 1 saturated heterocycles. The van der Waals surface area contributed by atoms with E-state index in [-0.39, 0.29) is 0 Å². The van der Waals surface area contributed by atoms with E-state index < -0.39 is 0 Å². The third-order valence-electron chi connectivity index (χ3n) is 2.05. The molecule has 2 rings (SSSR count). The van der Waals surface area contributed by atoms with Crippen LogP contribution in [0.2, 0.25) is 0 Å². The number of hydrogen-bond donors (Lipinski definition) is 1. The summed E-state index contributed by atoms with van der Waals surface area (Å²) in [5.41, 5.74) is 0. The van der Waals surface area contributed by atoms with Gasteiger partial charge in [-0.1, -0.05) is 0 Å². The lowest BCUT2D eigenvalue weighted by Gasteiger charge is -2.02. The van der Waals surface area contributed by atoms with E-state index in [4.69, 9.17) is 0 Å². The van der Waals surface area contributed by atoms with Crippen molar-refractivity contribution in [1.82, 2.24) is 5.32 Å². The van der Waals surface area contributed by atoms with E-state index in [2.05, 4.69) is 32.7 Å². The third kappa shape index (κ3) is 1.66. The maximum Gasteiger partial charge on any atom is 0.0285 e. The van der Waals surface area contributed by atoms with Gasteiger partial charge in [0.2, 0.25) is 0 Å². The van der Waals surface area contributed by atoms with Crippen LogP contribution >= 0.6 is 27.3 Å². The molecule has 0 saturated carbocycles. The van der Waals surface area contributed by atoms with Gasteiger partial charge in [-0.25, -0.2) is 0 Å². The fraction of sp³-hybridized carbons (Fsp3) is 0.500. The van der Waals surface area contributed by atoms with E-state index in [9.17, 15) is 0 Å². The summed E-state index contributed by atoms with van der Waals surface area (Å²) in [5, 5.41) is 5.53. The van der Waals surface area contributed by atoms with Crippen molar-refractivity contribution in [3.05, 3.63) is 20.8 Å². The van der Waals surface area contributed by atoms with Gasteiger partial charge in [-0.05, 0) is 35.0 Å². The molecule has 0 aliphatic carbocycles. The zero-order chi connectivity index (χ0) is 7.68. The van der Waals surface area contributed by atoms with E-state index in [1.165, 1.54) is 22.3 Å². The molecule has 1 aliphatic rings. The summed E-state index contributed by atoms with van der Waals surface area (Å²) < 4.78 is 1.23. The molecular weight excluding hydrogens is 222 g/mol. The Kier molecular flexibility index (Phi) is 2.30. The normalized spacial score (nSPS) is 24.3. The molecular formula is C8H10BrNS. The second-order valence-electron chi connectivity index (χ2n) is 2.86. The van der Waals surface area contributed by atoms with Crippen molar-refractivity contribution in [2.45, 2.75) is 12.3 Å². The second-order valence-corrected chi connectivity index (χ2v) is 4.72. The van der Waals surface area contributed by atoms with Crippen LogP contribution in [-0.2, 0) is 0 Å². The molecule has 11 heavy (non-hydrogen) atoms. The Hall–Kier alpha value is 0.140. The predicted octanol–water partition coefficient (Wildman–Crippen LogP) is 2.59. The van der Waals surface area contributed by atoms with Gasteiger partial charge in [0.05, 0.1) is 0 Å². The molecule has 1 N–H and O–H groups in total. The van der Waals surface area contributed by atoms with Crippen molar-refractivity contribution in [2.24, 2.45) is 0 Å². The number of hydrogen-bond acceptors (Lipinski definition) is 2. The summed E-state index contributed by atoms with van der Waals surface area (Å²) in [5.74, 6) is 0.770. The smallest absolute Gasteiger partial charge is 0.0285 e. The lowest BCUT2D eigenvalue weighted by molar-refractivity contribution is 0.779. The van der Waals surface area contributed by atoms with E-state index in [0.29, 0.717) is 0 Å². The highest BCUT2D eigenvalue weighted by molar-refractivity contribution is 9.10. The van der Waals surface area contributed by atoms with Crippen molar-refractivity contribution >= 4 is 27.3 Å². The van der Waals surface area contributed by atoms with Crippen LogP contribution in [0, 0.1) is 0 Å². The first-order valence-corrected chi connectivity index (χ1v) is 5.48. The summed E-state index contributed by atoms with van der Waals surface area (Å²) in [6, 6.07) is 2.24. The Balaban J connectivity index is 2.15. The molecule has 1 aromatic rings. The van der Waals surface area contributed by atoms with E-state index in [0.717, 1.165) is 12.5 Å². The fourth-order valence-corrected chi connectivity index (χ4v) is 3.02. The Morgan fingerprint density at radius 3 is 3.09 bits per heavy atom. The van der Waals surface area contributed by atoms with Crippen molar-refractivity contribution in [1.29, 1.82) is 0 Å². The van der Waals surface area contributed by atoms with Gasteiger partial charge < -0.3 is 5.32 Å². The van der Waals surface area contributed by atoms with Gasteiger partial charge in [-0.3, -0.25) is 0 Å². The molecule has 0 bridgehead atoms. The Morgan fingerprint density at radius 1 is 1.64 bits per heavy atom. The molecule has 1 aromatic heterocycles. The highest BCUT2D eigenvalue weighted by atomic mass is 79.9. The maximum atomic E-state index is 3.47. The van der Waals surface area contributed by atoms with Gasteiger partial charge in [0.25, 0.3) is 0 Å². The molecule has 1 aliphatic heterocycles. The highest BCUT2D eigenvalue weighted by Crippen LogP contribution is 2.30. The second kappa shape index (κ2) is 3.25. The summed E-state index contributed by atoms with van der Waals surface area (Å²) in [6.45, 7) is 2.34. The van der Waals surface area contributed by atoms with Crippen molar-refractivity contribution in [3.63, 3.8) is 0 Å². The minimum absolute atomic E-state index is 0.770. The van der Waals surface area contributed by atoms with Gasteiger partial charge in [0, 0.05) is 27.2 Å². The molecule has 0 aromatic carbocycles. The molecule has 2 heterocycles. The highest BCUT2D eigenvalue weighted by Gasteiger charge is 2.17. The van der Waals surface area contributed by atoms with Crippen molar-refractivity contribution in [3.8, 4) is 0 Å². The standard InChI is InChI=1S/C8H10BrNS/c9-7-3-8(11-5-7)6-1-2-10-4-6/h3,5-6,10H,1-2,4H2. The van der Waals surface area contributed by atoms with Crippen LogP contribution in [0.4, 0.5) is 0 Å². The molecule has 1 nitrogen and oxygen atoms in total. The number of thiophene rings is 1. The van der Waals surface area contributed by atoms with E-state index >= 15 is 0 Å². The first-order chi connectivity index (χ1) is 5.36. The number of halogens is 1. The summed E-state index contributed by atoms with van der Waals surface area (Å²) in [6.07, 6.45) is 1.30. The minimum Gasteiger partial charge on any atom is -0.316 e. The lowest BCUT2D eigenvalue weighted by Crippen LogP contribution is -2.07. The Morgan fingerprint density at radius 2 is 2.55 bits per heavy atom. The molecule has 3 heteroatoms. The number of rotatable bonds is 1. The van der Waals surface area contributed by atoms with Gasteiger partial charge >= 0.3 is 0 Å². The van der Waals surface area contributed by atoms with E-state index in [1.807, 2.05) is 11.3 Å². The van der Waals surface area contributed by atoms with Gasteiger partial charge in [-0.2, -0.15) is 0 Å². The van der Waals surface area contributed by atoms with Gasteiger partial charge in [0.15, 0.2) is 0 Å². The van der Waals surface area contributed by atoms with Crippen LogP contribution in [0.15, 0.2) is 15.9 Å². The molecule has 0 radical (unpaired) electrons. The fourth-order valence-electron chi connectivity index (χ4n) is 1.44. The summed E-state index contributed by atoms with van der Waals surface area (Å²) in [7, 11) is 0. The van der Waals surface area contributed by atoms with Gasteiger partial charge in [0.1, 0.15) is 0 Å². The number of nitrogens with one attached hydrogen (secondary N) is 1. The van der Waals surface area contributed by atoms with Crippen LogP contribution in [0.1, 0.15) is 17.2 Å². The van der Waals surface area contributed by atoms with Crippen LogP contribution < -0.4 is 5.32 Å². The quantitative estimate of drug-likeness (QED) is 0.784. The van der Waals surface area contributed by atoms with Crippen LogP contribution in [0.25, 0.3) is 0 Å². The largest absolute Gasteiger partial charge is 0.316 e. The van der Waals surface area contributed by atoms with Crippen LogP contribution in [0.5, 0.6) is 0 Å². The van der Waals surface area contributed by atoms with Crippen LogP contribution in [-0.4, -0.2) is 13.1 Å².